The van der Waals surface area contributed by atoms with Gasteiger partial charge in [-0.2, -0.15) is 0 Å². The molecule has 0 aliphatic rings. The van der Waals surface area contributed by atoms with E-state index in [1.807, 2.05) is 18.2 Å². The van der Waals surface area contributed by atoms with Crippen molar-refractivity contribution in [3.8, 4) is 0 Å². The fraction of sp³-hybridized carbons (Fsp3) is 0.231. The third-order valence-electron chi connectivity index (χ3n) is 2.35. The lowest BCUT2D eigenvalue weighted by Crippen LogP contribution is -2.25. The van der Waals surface area contributed by atoms with Gasteiger partial charge in [-0.15, -0.1) is 23.1 Å². The molecule has 0 saturated carbocycles. The van der Waals surface area contributed by atoms with Gasteiger partial charge < -0.3 is 5.73 Å². The van der Waals surface area contributed by atoms with Gasteiger partial charge in [0.05, 0.1) is 0 Å². The Morgan fingerprint density at radius 3 is 2.89 bits per heavy atom. The second-order valence-electron chi connectivity index (χ2n) is 3.96. The van der Waals surface area contributed by atoms with Crippen LogP contribution in [0.1, 0.15) is 4.88 Å². The third-order valence-corrected chi connectivity index (χ3v) is 5.48. The highest BCUT2D eigenvalue weighted by molar-refractivity contribution is 9.10. The van der Waals surface area contributed by atoms with E-state index in [9.17, 15) is 0 Å². The average molecular weight is 363 g/mol. The van der Waals surface area contributed by atoms with Gasteiger partial charge in [0.1, 0.15) is 0 Å². The molecule has 0 radical (unpaired) electrons. The smallest absolute Gasteiger partial charge is 0.0417 e. The summed E-state index contributed by atoms with van der Waals surface area (Å²) in [5.74, 6) is 0.899. The lowest BCUT2D eigenvalue weighted by Gasteiger charge is -2.10. The van der Waals surface area contributed by atoms with Gasteiger partial charge in [0, 0.05) is 36.4 Å². The number of halogens is 2. The Labute approximate surface area is 129 Å². The molecule has 96 valence electrons. The fourth-order valence-corrected chi connectivity index (χ4v) is 4.25. The molecule has 1 atom stereocenters. The lowest BCUT2D eigenvalue weighted by atomic mass is 10.2. The van der Waals surface area contributed by atoms with E-state index in [-0.39, 0.29) is 6.04 Å². The molecule has 0 fully saturated rings. The Morgan fingerprint density at radius 2 is 2.22 bits per heavy atom. The largest absolute Gasteiger partial charge is 0.327 e. The summed E-state index contributed by atoms with van der Waals surface area (Å²) < 4.78 is 1.14. The summed E-state index contributed by atoms with van der Waals surface area (Å²) in [6.45, 7) is 0. The topological polar surface area (TPSA) is 26.0 Å². The van der Waals surface area contributed by atoms with Crippen LogP contribution in [-0.2, 0) is 6.42 Å². The molecule has 2 rings (SSSR count). The van der Waals surface area contributed by atoms with Gasteiger partial charge in [-0.25, -0.2) is 0 Å². The normalized spacial score (nSPS) is 12.6. The quantitative estimate of drug-likeness (QED) is 0.771. The number of hydrogen-bond donors (Lipinski definition) is 1. The molecular weight excluding hydrogens is 350 g/mol. The van der Waals surface area contributed by atoms with E-state index in [1.54, 1.807) is 23.1 Å². The first-order valence-corrected chi connectivity index (χ1v) is 8.54. The zero-order valence-corrected chi connectivity index (χ0v) is 13.6. The Kier molecular flexibility index (Phi) is 5.57. The van der Waals surface area contributed by atoms with Crippen molar-refractivity contribution in [2.45, 2.75) is 17.4 Å². The van der Waals surface area contributed by atoms with Crippen molar-refractivity contribution in [1.82, 2.24) is 0 Å². The summed E-state index contributed by atoms with van der Waals surface area (Å²) in [6.07, 6.45) is 0.920. The van der Waals surface area contributed by atoms with E-state index in [0.29, 0.717) is 0 Å². The van der Waals surface area contributed by atoms with Crippen LogP contribution in [-0.4, -0.2) is 11.8 Å². The molecule has 5 heteroatoms. The number of nitrogens with two attached hydrogens (primary N) is 1. The van der Waals surface area contributed by atoms with Crippen LogP contribution in [0, 0.1) is 0 Å². The number of thiophene rings is 1. The monoisotopic (exact) mass is 361 g/mol. The van der Waals surface area contributed by atoms with E-state index >= 15 is 0 Å². The first-order chi connectivity index (χ1) is 8.63. The van der Waals surface area contributed by atoms with Crippen LogP contribution in [0.4, 0.5) is 0 Å². The predicted octanol–water partition coefficient (Wildman–Crippen LogP) is 4.83. The molecule has 0 aliphatic carbocycles. The van der Waals surface area contributed by atoms with E-state index in [4.69, 9.17) is 17.3 Å². The summed E-state index contributed by atoms with van der Waals surface area (Å²) in [6, 6.07) is 10.2. The minimum Gasteiger partial charge on any atom is -0.327 e. The molecule has 2 aromatic rings. The zero-order chi connectivity index (χ0) is 13.0. The van der Waals surface area contributed by atoms with Crippen LogP contribution in [0.5, 0.6) is 0 Å². The van der Waals surface area contributed by atoms with Crippen LogP contribution in [0.2, 0.25) is 5.02 Å². The molecule has 0 spiro atoms. The molecular formula is C13H13BrClNS2. The van der Waals surface area contributed by atoms with E-state index in [0.717, 1.165) is 21.7 Å². The Balaban J connectivity index is 1.83. The molecule has 1 nitrogen and oxygen atoms in total. The summed E-state index contributed by atoms with van der Waals surface area (Å²) >= 11 is 12.9. The van der Waals surface area contributed by atoms with E-state index < -0.39 is 0 Å². The first kappa shape index (κ1) is 14.4. The van der Waals surface area contributed by atoms with Gasteiger partial charge in [-0.05, 0) is 46.6 Å². The minimum absolute atomic E-state index is 0.166. The van der Waals surface area contributed by atoms with Gasteiger partial charge >= 0.3 is 0 Å². The van der Waals surface area contributed by atoms with Crippen molar-refractivity contribution in [3.05, 3.63) is 50.1 Å². The molecule has 1 heterocycles. The SMILES string of the molecule is NC(CSc1cccc(Cl)c1)Cc1cc(Br)cs1. The molecule has 0 bridgehead atoms. The maximum absolute atomic E-state index is 6.14. The van der Waals surface area contributed by atoms with E-state index in [1.165, 1.54) is 9.77 Å². The Bertz CT molecular complexity index is 515. The summed E-state index contributed by atoms with van der Waals surface area (Å²) in [5.41, 5.74) is 6.14. The molecule has 1 unspecified atom stereocenters. The molecule has 0 saturated heterocycles. The van der Waals surface area contributed by atoms with Crippen LogP contribution < -0.4 is 5.73 Å². The van der Waals surface area contributed by atoms with Crippen molar-refractivity contribution < 1.29 is 0 Å². The standard InChI is InChI=1S/C13H13BrClNS2/c14-9-4-13(17-7-9)6-11(16)8-18-12-3-1-2-10(15)5-12/h1-5,7,11H,6,8,16H2. The van der Waals surface area contributed by atoms with Gasteiger partial charge in [-0.3, -0.25) is 0 Å². The lowest BCUT2D eigenvalue weighted by molar-refractivity contribution is 0.757. The fourth-order valence-electron chi connectivity index (χ4n) is 1.54. The van der Waals surface area contributed by atoms with Gasteiger partial charge in [-0.1, -0.05) is 17.7 Å². The highest BCUT2D eigenvalue weighted by atomic mass is 79.9. The van der Waals surface area contributed by atoms with Crippen LogP contribution in [0.3, 0.4) is 0 Å². The van der Waals surface area contributed by atoms with Gasteiger partial charge in [0.25, 0.3) is 0 Å². The molecule has 0 amide bonds. The average Bonchev–Trinajstić information content (AvgIpc) is 2.72. The van der Waals surface area contributed by atoms with E-state index in [2.05, 4.69) is 33.4 Å². The molecule has 1 aromatic carbocycles. The first-order valence-electron chi connectivity index (χ1n) is 5.50. The van der Waals surface area contributed by atoms with Crippen LogP contribution >= 0.6 is 50.6 Å². The van der Waals surface area contributed by atoms with Crippen molar-refractivity contribution in [2.75, 3.05) is 5.75 Å². The molecule has 18 heavy (non-hydrogen) atoms. The number of benzene rings is 1. The zero-order valence-electron chi connectivity index (χ0n) is 9.61. The predicted molar refractivity (Wildman–Crippen MR) is 85.9 cm³/mol. The van der Waals surface area contributed by atoms with Crippen molar-refractivity contribution in [3.63, 3.8) is 0 Å². The maximum Gasteiger partial charge on any atom is 0.0417 e. The summed E-state index contributed by atoms with van der Waals surface area (Å²) in [4.78, 5) is 2.49. The Morgan fingerprint density at radius 1 is 1.39 bits per heavy atom. The van der Waals surface area contributed by atoms with Crippen molar-refractivity contribution in [1.29, 1.82) is 0 Å². The highest BCUT2D eigenvalue weighted by Gasteiger charge is 2.07. The summed E-state index contributed by atoms with van der Waals surface area (Å²) in [7, 11) is 0. The summed E-state index contributed by atoms with van der Waals surface area (Å²) in [5, 5.41) is 2.86. The molecule has 1 aromatic heterocycles. The molecule has 2 N–H and O–H groups in total. The van der Waals surface area contributed by atoms with Crippen LogP contribution in [0.15, 0.2) is 45.1 Å². The second kappa shape index (κ2) is 6.96. The second-order valence-corrected chi connectivity index (χ2v) is 7.41. The minimum atomic E-state index is 0.166. The van der Waals surface area contributed by atoms with Crippen molar-refractivity contribution >= 4 is 50.6 Å². The molecule has 0 aliphatic heterocycles. The maximum atomic E-state index is 6.14. The number of rotatable bonds is 5. The van der Waals surface area contributed by atoms with Crippen molar-refractivity contribution in [2.24, 2.45) is 5.73 Å². The van der Waals surface area contributed by atoms with Crippen LogP contribution in [0.25, 0.3) is 0 Å². The third kappa shape index (κ3) is 4.59. The highest BCUT2D eigenvalue weighted by Crippen LogP contribution is 2.24. The number of hydrogen-bond acceptors (Lipinski definition) is 3. The van der Waals surface area contributed by atoms with Gasteiger partial charge in [0.2, 0.25) is 0 Å². The Hall–Kier alpha value is -0.0000000000000000833. The van der Waals surface area contributed by atoms with Gasteiger partial charge in [0.15, 0.2) is 0 Å². The number of thioether (sulfide) groups is 1.